The molecular weight excluding hydrogens is 182 g/mol. The summed E-state index contributed by atoms with van der Waals surface area (Å²) in [7, 11) is 0. The highest BCUT2D eigenvalue weighted by atomic mass is 32.2. The molecule has 1 atom stereocenters. The van der Waals surface area contributed by atoms with Gasteiger partial charge in [0.1, 0.15) is 5.03 Å². The summed E-state index contributed by atoms with van der Waals surface area (Å²) in [6, 6.07) is 3.79. The Morgan fingerprint density at radius 3 is 3.00 bits per heavy atom. The highest BCUT2D eigenvalue weighted by Crippen LogP contribution is 2.25. The van der Waals surface area contributed by atoms with Gasteiger partial charge in [-0.25, -0.2) is 4.98 Å². The van der Waals surface area contributed by atoms with Crippen LogP contribution in [0.3, 0.4) is 0 Å². The number of rotatable bonds is 4. The molecule has 1 rings (SSSR count). The SMILES string of the molecule is CCCSc1ncccc1[C@H](C)O. The Bertz CT molecular complexity index is 263. The van der Waals surface area contributed by atoms with Gasteiger partial charge in [-0.3, -0.25) is 0 Å². The van der Waals surface area contributed by atoms with Gasteiger partial charge in [-0.15, -0.1) is 11.8 Å². The van der Waals surface area contributed by atoms with Gasteiger partial charge in [0.15, 0.2) is 0 Å². The predicted molar refractivity (Wildman–Crippen MR) is 55.9 cm³/mol. The lowest BCUT2D eigenvalue weighted by atomic mass is 10.2. The highest BCUT2D eigenvalue weighted by Gasteiger charge is 2.07. The van der Waals surface area contributed by atoms with Gasteiger partial charge in [0.05, 0.1) is 6.10 Å². The zero-order chi connectivity index (χ0) is 9.68. The smallest absolute Gasteiger partial charge is 0.102 e. The van der Waals surface area contributed by atoms with Gasteiger partial charge in [-0.1, -0.05) is 13.0 Å². The normalized spacial score (nSPS) is 12.8. The Morgan fingerprint density at radius 1 is 1.62 bits per heavy atom. The van der Waals surface area contributed by atoms with Crippen molar-refractivity contribution < 1.29 is 5.11 Å². The van der Waals surface area contributed by atoms with E-state index in [1.165, 1.54) is 0 Å². The number of nitrogens with zero attached hydrogens (tertiary/aromatic N) is 1. The summed E-state index contributed by atoms with van der Waals surface area (Å²) in [6.07, 6.45) is 2.47. The maximum Gasteiger partial charge on any atom is 0.102 e. The zero-order valence-corrected chi connectivity index (χ0v) is 8.84. The number of aliphatic hydroxyl groups excluding tert-OH is 1. The summed E-state index contributed by atoms with van der Waals surface area (Å²) in [5.74, 6) is 1.05. The molecule has 1 aromatic heterocycles. The number of aromatic nitrogens is 1. The third-order valence-corrected chi connectivity index (χ3v) is 2.92. The van der Waals surface area contributed by atoms with Crippen molar-refractivity contribution in [2.24, 2.45) is 0 Å². The van der Waals surface area contributed by atoms with E-state index in [4.69, 9.17) is 0 Å². The summed E-state index contributed by atoms with van der Waals surface area (Å²) in [5.41, 5.74) is 0.931. The molecule has 2 nitrogen and oxygen atoms in total. The van der Waals surface area contributed by atoms with Crippen LogP contribution in [0.15, 0.2) is 23.4 Å². The lowest BCUT2D eigenvalue weighted by molar-refractivity contribution is 0.195. The fourth-order valence-electron chi connectivity index (χ4n) is 1.04. The largest absolute Gasteiger partial charge is 0.389 e. The lowest BCUT2D eigenvalue weighted by Crippen LogP contribution is -1.96. The number of pyridine rings is 1. The first kappa shape index (κ1) is 10.5. The van der Waals surface area contributed by atoms with Crippen molar-refractivity contribution >= 4 is 11.8 Å². The van der Waals surface area contributed by atoms with Crippen LogP contribution < -0.4 is 0 Å². The first-order valence-electron chi connectivity index (χ1n) is 4.51. The molecule has 3 heteroatoms. The Hall–Kier alpha value is -0.540. The van der Waals surface area contributed by atoms with Crippen molar-refractivity contribution in [3.05, 3.63) is 23.9 Å². The Labute approximate surface area is 83.4 Å². The molecule has 0 saturated heterocycles. The molecule has 0 aromatic carbocycles. The molecule has 0 bridgehead atoms. The fraction of sp³-hybridized carbons (Fsp3) is 0.500. The third-order valence-electron chi connectivity index (χ3n) is 1.69. The van der Waals surface area contributed by atoms with Gasteiger partial charge < -0.3 is 5.11 Å². The lowest BCUT2D eigenvalue weighted by Gasteiger charge is -2.09. The molecule has 0 radical (unpaired) electrons. The van der Waals surface area contributed by atoms with Gasteiger partial charge in [0.25, 0.3) is 0 Å². The van der Waals surface area contributed by atoms with Crippen LogP contribution in [0.4, 0.5) is 0 Å². The molecule has 0 fully saturated rings. The summed E-state index contributed by atoms with van der Waals surface area (Å²) < 4.78 is 0. The van der Waals surface area contributed by atoms with Crippen molar-refractivity contribution in [1.82, 2.24) is 4.98 Å². The van der Waals surface area contributed by atoms with E-state index in [9.17, 15) is 5.11 Å². The van der Waals surface area contributed by atoms with Gasteiger partial charge >= 0.3 is 0 Å². The number of aliphatic hydroxyl groups is 1. The van der Waals surface area contributed by atoms with Gasteiger partial charge in [0, 0.05) is 11.8 Å². The third kappa shape index (κ3) is 3.01. The molecule has 72 valence electrons. The van der Waals surface area contributed by atoms with Crippen LogP contribution in [0.5, 0.6) is 0 Å². The van der Waals surface area contributed by atoms with Crippen LogP contribution in [-0.2, 0) is 0 Å². The van der Waals surface area contributed by atoms with E-state index in [0.29, 0.717) is 0 Å². The molecule has 13 heavy (non-hydrogen) atoms. The monoisotopic (exact) mass is 197 g/mol. The molecular formula is C10H15NOS. The molecule has 0 aliphatic carbocycles. The summed E-state index contributed by atoms with van der Waals surface area (Å²) in [6.45, 7) is 3.91. The molecule has 0 spiro atoms. The fourth-order valence-corrected chi connectivity index (χ4v) is 1.98. The highest BCUT2D eigenvalue weighted by molar-refractivity contribution is 7.99. The van der Waals surface area contributed by atoms with Crippen LogP contribution in [0.25, 0.3) is 0 Å². The van der Waals surface area contributed by atoms with E-state index in [1.54, 1.807) is 24.9 Å². The van der Waals surface area contributed by atoms with E-state index in [2.05, 4.69) is 11.9 Å². The van der Waals surface area contributed by atoms with Crippen LogP contribution >= 0.6 is 11.8 Å². The zero-order valence-electron chi connectivity index (χ0n) is 8.03. The summed E-state index contributed by atoms with van der Waals surface area (Å²) in [4.78, 5) is 4.24. The number of thioether (sulfide) groups is 1. The minimum atomic E-state index is -0.423. The number of hydrogen-bond donors (Lipinski definition) is 1. The molecule has 1 N–H and O–H groups in total. The topological polar surface area (TPSA) is 33.1 Å². The Kier molecular flexibility index (Phi) is 4.25. The van der Waals surface area contributed by atoms with Crippen molar-refractivity contribution in [2.45, 2.75) is 31.4 Å². The van der Waals surface area contributed by atoms with Crippen LogP contribution in [0, 0.1) is 0 Å². The molecule has 0 amide bonds. The van der Waals surface area contributed by atoms with Crippen LogP contribution in [-0.4, -0.2) is 15.8 Å². The van der Waals surface area contributed by atoms with Crippen molar-refractivity contribution in [2.75, 3.05) is 5.75 Å². The second kappa shape index (κ2) is 5.25. The Morgan fingerprint density at radius 2 is 2.38 bits per heavy atom. The molecule has 1 aromatic rings. The van der Waals surface area contributed by atoms with E-state index in [-0.39, 0.29) is 0 Å². The molecule has 0 saturated carbocycles. The van der Waals surface area contributed by atoms with Crippen LogP contribution in [0.1, 0.15) is 31.9 Å². The van der Waals surface area contributed by atoms with E-state index >= 15 is 0 Å². The maximum atomic E-state index is 9.45. The van der Waals surface area contributed by atoms with Crippen molar-refractivity contribution in [3.63, 3.8) is 0 Å². The average molecular weight is 197 g/mol. The average Bonchev–Trinajstić information content (AvgIpc) is 2.15. The molecule has 0 aliphatic heterocycles. The standard InChI is InChI=1S/C10H15NOS/c1-3-7-13-10-9(8(2)12)5-4-6-11-10/h4-6,8,12H,3,7H2,1-2H3/t8-/m0/s1. The predicted octanol–water partition coefficient (Wildman–Crippen LogP) is 2.64. The Balaban J connectivity index is 2.78. The first-order valence-corrected chi connectivity index (χ1v) is 5.50. The minimum Gasteiger partial charge on any atom is -0.389 e. The van der Waals surface area contributed by atoms with Gasteiger partial charge in [-0.2, -0.15) is 0 Å². The molecule has 1 heterocycles. The van der Waals surface area contributed by atoms with Gasteiger partial charge in [-0.05, 0) is 25.2 Å². The van der Waals surface area contributed by atoms with Crippen molar-refractivity contribution in [3.8, 4) is 0 Å². The van der Waals surface area contributed by atoms with E-state index < -0.39 is 6.10 Å². The summed E-state index contributed by atoms with van der Waals surface area (Å²) in [5, 5.41) is 10.4. The maximum absolute atomic E-state index is 9.45. The summed E-state index contributed by atoms with van der Waals surface area (Å²) >= 11 is 1.70. The van der Waals surface area contributed by atoms with Crippen molar-refractivity contribution in [1.29, 1.82) is 0 Å². The first-order chi connectivity index (χ1) is 6.25. The van der Waals surface area contributed by atoms with E-state index in [1.807, 2.05) is 12.1 Å². The number of hydrogen-bond acceptors (Lipinski definition) is 3. The second-order valence-corrected chi connectivity index (χ2v) is 4.01. The second-order valence-electron chi connectivity index (χ2n) is 2.92. The van der Waals surface area contributed by atoms with Gasteiger partial charge in [0.2, 0.25) is 0 Å². The molecule has 0 aliphatic rings. The minimum absolute atomic E-state index is 0.423. The van der Waals surface area contributed by atoms with E-state index in [0.717, 1.165) is 22.8 Å². The van der Waals surface area contributed by atoms with Crippen LogP contribution in [0.2, 0.25) is 0 Å². The quantitative estimate of drug-likeness (QED) is 0.753. The molecule has 0 unspecified atom stereocenters.